The molecule has 2 unspecified atom stereocenters. The van der Waals surface area contributed by atoms with E-state index in [1.807, 2.05) is 0 Å². The zero-order valence-corrected chi connectivity index (χ0v) is 7.60. The third kappa shape index (κ3) is 5.07. The average Bonchev–Trinajstić information content (AvgIpc) is 1.94. The molecule has 2 atom stereocenters. The summed E-state index contributed by atoms with van der Waals surface area (Å²) < 4.78 is 45.5. The second-order valence-corrected chi connectivity index (χ2v) is 2.68. The molecule has 0 fully saturated rings. The molecule has 2 N–H and O–H groups in total. The summed E-state index contributed by atoms with van der Waals surface area (Å²) in [7, 11) is 1.39. The van der Waals surface area contributed by atoms with Crippen molar-refractivity contribution in [3.63, 3.8) is 0 Å². The molecule has 3 nitrogen and oxygen atoms in total. The van der Waals surface area contributed by atoms with E-state index in [1.54, 1.807) is 0 Å². The van der Waals surface area contributed by atoms with E-state index in [9.17, 15) is 13.2 Å². The number of alkyl halides is 3. The highest BCUT2D eigenvalue weighted by Gasteiger charge is 2.42. The molecular weight excluding hydrogens is 187 g/mol. The van der Waals surface area contributed by atoms with E-state index < -0.39 is 18.3 Å². The number of hydrogen-bond acceptors (Lipinski definition) is 3. The molecule has 0 heterocycles. The summed E-state index contributed by atoms with van der Waals surface area (Å²) in [5.41, 5.74) is 5.12. The molecule has 0 spiro atoms. The van der Waals surface area contributed by atoms with Gasteiger partial charge in [0.2, 0.25) is 0 Å². The van der Waals surface area contributed by atoms with Gasteiger partial charge in [0.15, 0.2) is 6.10 Å². The maximum atomic E-state index is 12.2. The monoisotopic (exact) mass is 201 g/mol. The first-order valence-corrected chi connectivity index (χ1v) is 3.82. The Hall–Kier alpha value is -0.330. The Labute approximate surface area is 75.0 Å². The van der Waals surface area contributed by atoms with Crippen LogP contribution in [-0.4, -0.2) is 38.6 Å². The third-order valence-corrected chi connectivity index (χ3v) is 1.39. The van der Waals surface area contributed by atoms with Crippen LogP contribution < -0.4 is 5.73 Å². The van der Waals surface area contributed by atoms with Crippen LogP contribution >= 0.6 is 0 Å². The Kier molecular flexibility index (Phi) is 5.27. The summed E-state index contributed by atoms with van der Waals surface area (Å²) in [4.78, 5) is 0. The van der Waals surface area contributed by atoms with Crippen molar-refractivity contribution < 1.29 is 22.6 Å². The molecule has 6 heteroatoms. The second-order valence-electron chi connectivity index (χ2n) is 2.68. The van der Waals surface area contributed by atoms with Crippen LogP contribution in [0.2, 0.25) is 0 Å². The van der Waals surface area contributed by atoms with E-state index in [4.69, 9.17) is 5.73 Å². The number of methoxy groups -OCH3 is 1. The molecule has 0 rings (SSSR count). The number of ether oxygens (including phenoxy) is 2. The first-order chi connectivity index (χ1) is 5.89. The first kappa shape index (κ1) is 12.7. The second kappa shape index (κ2) is 5.41. The van der Waals surface area contributed by atoms with E-state index in [2.05, 4.69) is 9.47 Å². The minimum absolute atomic E-state index is 0.109. The van der Waals surface area contributed by atoms with E-state index in [-0.39, 0.29) is 13.2 Å². The molecule has 0 amide bonds. The maximum Gasteiger partial charge on any atom is 0.416 e. The standard InChI is InChI=1S/C7H14F3NO2/c1-5(11)6(7(8,9)10)13-4-3-12-2/h5-6H,3-4,11H2,1-2H3. The molecule has 0 aliphatic heterocycles. The van der Waals surface area contributed by atoms with Crippen molar-refractivity contribution in [3.05, 3.63) is 0 Å². The lowest BCUT2D eigenvalue weighted by atomic mass is 10.2. The van der Waals surface area contributed by atoms with Crippen molar-refractivity contribution in [1.82, 2.24) is 0 Å². The molecule has 0 aromatic carbocycles. The van der Waals surface area contributed by atoms with Gasteiger partial charge in [-0.1, -0.05) is 0 Å². The highest BCUT2D eigenvalue weighted by molar-refractivity contribution is 4.76. The largest absolute Gasteiger partial charge is 0.416 e. The van der Waals surface area contributed by atoms with Crippen LogP contribution in [0.5, 0.6) is 0 Å². The minimum Gasteiger partial charge on any atom is -0.382 e. The summed E-state index contributed by atoms with van der Waals surface area (Å²) in [5, 5.41) is 0. The lowest BCUT2D eigenvalue weighted by molar-refractivity contribution is -0.227. The van der Waals surface area contributed by atoms with Crippen LogP contribution in [-0.2, 0) is 9.47 Å². The van der Waals surface area contributed by atoms with Crippen molar-refractivity contribution in [3.8, 4) is 0 Å². The molecule has 0 saturated heterocycles. The molecule has 0 aromatic rings. The Bertz CT molecular complexity index is 138. The van der Waals surface area contributed by atoms with Gasteiger partial charge in [-0.2, -0.15) is 13.2 Å². The fourth-order valence-corrected chi connectivity index (χ4v) is 0.803. The fourth-order valence-electron chi connectivity index (χ4n) is 0.803. The van der Waals surface area contributed by atoms with Crippen molar-refractivity contribution in [2.75, 3.05) is 20.3 Å². The first-order valence-electron chi connectivity index (χ1n) is 3.82. The van der Waals surface area contributed by atoms with Crippen molar-refractivity contribution in [2.24, 2.45) is 5.73 Å². The molecule has 0 aliphatic rings. The Balaban J connectivity index is 3.97. The van der Waals surface area contributed by atoms with E-state index in [0.29, 0.717) is 0 Å². The Morgan fingerprint density at radius 3 is 2.15 bits per heavy atom. The highest BCUT2D eigenvalue weighted by Crippen LogP contribution is 2.24. The van der Waals surface area contributed by atoms with Crippen LogP contribution in [0.4, 0.5) is 13.2 Å². The summed E-state index contributed by atoms with van der Waals surface area (Å²) >= 11 is 0. The maximum absolute atomic E-state index is 12.2. The van der Waals surface area contributed by atoms with Crippen LogP contribution in [0, 0.1) is 0 Å². The van der Waals surface area contributed by atoms with Gasteiger partial charge in [0, 0.05) is 13.2 Å². The van der Waals surface area contributed by atoms with Crippen LogP contribution in [0.15, 0.2) is 0 Å². The number of rotatable bonds is 5. The van der Waals surface area contributed by atoms with Crippen molar-refractivity contribution >= 4 is 0 Å². The fraction of sp³-hybridized carbons (Fsp3) is 1.00. The molecule has 0 radical (unpaired) electrons. The van der Waals surface area contributed by atoms with Gasteiger partial charge in [-0.15, -0.1) is 0 Å². The smallest absolute Gasteiger partial charge is 0.382 e. The molecule has 13 heavy (non-hydrogen) atoms. The molecule has 80 valence electrons. The van der Waals surface area contributed by atoms with E-state index in [0.717, 1.165) is 0 Å². The minimum atomic E-state index is -4.41. The van der Waals surface area contributed by atoms with Gasteiger partial charge in [0.1, 0.15) is 0 Å². The topological polar surface area (TPSA) is 44.5 Å². The van der Waals surface area contributed by atoms with Crippen LogP contribution in [0.25, 0.3) is 0 Å². The van der Waals surface area contributed by atoms with E-state index in [1.165, 1.54) is 14.0 Å². The SMILES string of the molecule is COCCOC(C(C)N)C(F)(F)F. The molecular formula is C7H14F3NO2. The molecule has 0 aromatic heterocycles. The lowest BCUT2D eigenvalue weighted by Gasteiger charge is -2.23. The van der Waals surface area contributed by atoms with E-state index >= 15 is 0 Å². The lowest BCUT2D eigenvalue weighted by Crippen LogP contribution is -2.45. The summed E-state index contributed by atoms with van der Waals surface area (Å²) in [6, 6.07) is -1.07. The highest BCUT2D eigenvalue weighted by atomic mass is 19.4. The predicted octanol–water partition coefficient (Wildman–Crippen LogP) is 0.927. The van der Waals surface area contributed by atoms with Gasteiger partial charge in [-0.25, -0.2) is 0 Å². The summed E-state index contributed by atoms with van der Waals surface area (Å²) in [6.45, 7) is 1.27. The molecule has 0 aliphatic carbocycles. The third-order valence-electron chi connectivity index (χ3n) is 1.39. The van der Waals surface area contributed by atoms with Gasteiger partial charge in [-0.05, 0) is 6.92 Å². The molecule has 0 saturated carbocycles. The average molecular weight is 201 g/mol. The molecule has 0 bridgehead atoms. The van der Waals surface area contributed by atoms with Gasteiger partial charge < -0.3 is 15.2 Å². The van der Waals surface area contributed by atoms with Crippen LogP contribution in [0.1, 0.15) is 6.92 Å². The number of halogens is 3. The van der Waals surface area contributed by atoms with Crippen molar-refractivity contribution in [1.29, 1.82) is 0 Å². The zero-order chi connectivity index (χ0) is 10.5. The Morgan fingerprint density at radius 2 is 1.85 bits per heavy atom. The quantitative estimate of drug-likeness (QED) is 0.673. The van der Waals surface area contributed by atoms with Crippen molar-refractivity contribution in [2.45, 2.75) is 25.2 Å². The summed E-state index contributed by atoms with van der Waals surface area (Å²) in [5.74, 6) is 0. The number of nitrogens with two attached hydrogens (primary N) is 1. The Morgan fingerprint density at radius 1 is 1.31 bits per heavy atom. The zero-order valence-electron chi connectivity index (χ0n) is 7.60. The van der Waals surface area contributed by atoms with Gasteiger partial charge >= 0.3 is 6.18 Å². The predicted molar refractivity (Wildman–Crippen MR) is 41.3 cm³/mol. The van der Waals surface area contributed by atoms with Crippen LogP contribution in [0.3, 0.4) is 0 Å². The summed E-state index contributed by atoms with van der Waals surface area (Å²) in [6.07, 6.45) is -6.33. The normalized spacial score (nSPS) is 17.1. The van der Waals surface area contributed by atoms with Gasteiger partial charge in [0.05, 0.1) is 13.2 Å². The van der Waals surface area contributed by atoms with Gasteiger partial charge in [0.25, 0.3) is 0 Å². The number of hydrogen-bond donors (Lipinski definition) is 1. The van der Waals surface area contributed by atoms with Gasteiger partial charge in [-0.3, -0.25) is 0 Å².